The number of aromatic carboxylic acids is 1. The molecule has 1 aromatic rings. The third kappa shape index (κ3) is 3.11. The summed E-state index contributed by atoms with van der Waals surface area (Å²) < 4.78 is 10.7. The fourth-order valence-corrected chi connectivity index (χ4v) is 1.89. The van der Waals surface area contributed by atoms with Crippen molar-refractivity contribution in [3.8, 4) is 5.75 Å². The van der Waals surface area contributed by atoms with Crippen molar-refractivity contribution in [1.82, 2.24) is 0 Å². The number of hydrogen-bond acceptors (Lipinski definition) is 3. The Bertz CT molecular complexity index is 413. The molecule has 1 atom stereocenters. The normalized spacial score (nSPS) is 19.2. The molecule has 1 unspecified atom stereocenters. The highest BCUT2D eigenvalue weighted by atomic mass is 35.5. The second-order valence-electron chi connectivity index (χ2n) is 3.99. The molecular formula is C12H13ClO4. The summed E-state index contributed by atoms with van der Waals surface area (Å²) >= 11 is 5.75. The molecule has 1 N–H and O–H groups in total. The second kappa shape index (κ2) is 5.38. The number of ether oxygens (including phenoxy) is 2. The van der Waals surface area contributed by atoms with Gasteiger partial charge in [-0.3, -0.25) is 0 Å². The monoisotopic (exact) mass is 256 g/mol. The van der Waals surface area contributed by atoms with E-state index < -0.39 is 5.97 Å². The second-order valence-corrected chi connectivity index (χ2v) is 4.42. The lowest BCUT2D eigenvalue weighted by Crippen LogP contribution is -2.13. The minimum absolute atomic E-state index is 0.0939. The van der Waals surface area contributed by atoms with E-state index in [1.54, 1.807) is 12.1 Å². The SMILES string of the molecule is O=C(O)c1cc(Cl)ccc1OCC1CCOC1. The lowest BCUT2D eigenvalue weighted by atomic mass is 10.1. The highest BCUT2D eigenvalue weighted by molar-refractivity contribution is 6.31. The van der Waals surface area contributed by atoms with E-state index in [4.69, 9.17) is 26.2 Å². The molecule has 1 aromatic carbocycles. The molecule has 4 nitrogen and oxygen atoms in total. The lowest BCUT2D eigenvalue weighted by Gasteiger charge is -2.12. The summed E-state index contributed by atoms with van der Waals surface area (Å²) in [5, 5.41) is 9.41. The van der Waals surface area contributed by atoms with Crippen LogP contribution in [0.4, 0.5) is 0 Å². The number of hydrogen-bond donors (Lipinski definition) is 1. The first-order valence-electron chi connectivity index (χ1n) is 5.40. The number of carbonyl (C=O) groups is 1. The summed E-state index contributed by atoms with van der Waals surface area (Å²) in [4.78, 5) is 11.0. The van der Waals surface area contributed by atoms with Crippen LogP contribution in [-0.2, 0) is 4.74 Å². The van der Waals surface area contributed by atoms with E-state index in [0.29, 0.717) is 29.9 Å². The van der Waals surface area contributed by atoms with Crippen LogP contribution in [0.3, 0.4) is 0 Å². The van der Waals surface area contributed by atoms with Gasteiger partial charge in [0, 0.05) is 17.5 Å². The maximum atomic E-state index is 11.0. The summed E-state index contributed by atoms with van der Waals surface area (Å²) in [6.45, 7) is 1.90. The minimum Gasteiger partial charge on any atom is -0.492 e. The quantitative estimate of drug-likeness (QED) is 0.899. The summed E-state index contributed by atoms with van der Waals surface area (Å²) in [7, 11) is 0. The molecule has 0 radical (unpaired) electrons. The van der Waals surface area contributed by atoms with Crippen LogP contribution in [-0.4, -0.2) is 30.9 Å². The number of carboxylic acids is 1. The van der Waals surface area contributed by atoms with Crippen LogP contribution in [0.1, 0.15) is 16.8 Å². The van der Waals surface area contributed by atoms with Gasteiger partial charge in [0.15, 0.2) is 0 Å². The van der Waals surface area contributed by atoms with Crippen molar-refractivity contribution in [2.24, 2.45) is 5.92 Å². The third-order valence-electron chi connectivity index (χ3n) is 2.67. The van der Waals surface area contributed by atoms with Gasteiger partial charge in [0.25, 0.3) is 0 Å². The van der Waals surface area contributed by atoms with E-state index in [1.807, 2.05) is 0 Å². The summed E-state index contributed by atoms with van der Waals surface area (Å²) in [5.74, 6) is -0.341. The highest BCUT2D eigenvalue weighted by Gasteiger charge is 2.18. The predicted molar refractivity (Wildman–Crippen MR) is 62.8 cm³/mol. The Kier molecular flexibility index (Phi) is 3.86. The zero-order valence-electron chi connectivity index (χ0n) is 9.19. The van der Waals surface area contributed by atoms with Gasteiger partial charge in [-0.05, 0) is 24.6 Å². The summed E-state index contributed by atoms with van der Waals surface area (Å²) in [6.07, 6.45) is 0.954. The lowest BCUT2D eigenvalue weighted by molar-refractivity contribution is 0.0691. The van der Waals surface area contributed by atoms with Crippen LogP contribution in [0.25, 0.3) is 0 Å². The average Bonchev–Trinajstić information content (AvgIpc) is 2.80. The van der Waals surface area contributed by atoms with Gasteiger partial charge in [-0.25, -0.2) is 4.79 Å². The largest absolute Gasteiger partial charge is 0.492 e. The van der Waals surface area contributed by atoms with Crippen molar-refractivity contribution in [3.63, 3.8) is 0 Å². The Morgan fingerprint density at radius 3 is 3.06 bits per heavy atom. The Morgan fingerprint density at radius 2 is 2.41 bits per heavy atom. The first kappa shape index (κ1) is 12.2. The molecule has 0 saturated carbocycles. The van der Waals surface area contributed by atoms with Crippen molar-refractivity contribution in [2.45, 2.75) is 6.42 Å². The molecule has 0 bridgehead atoms. The molecule has 0 aromatic heterocycles. The molecule has 1 heterocycles. The Balaban J connectivity index is 2.06. The van der Waals surface area contributed by atoms with Crippen molar-refractivity contribution in [1.29, 1.82) is 0 Å². The maximum Gasteiger partial charge on any atom is 0.339 e. The van der Waals surface area contributed by atoms with Gasteiger partial charge in [0.2, 0.25) is 0 Å². The van der Waals surface area contributed by atoms with Gasteiger partial charge in [-0.15, -0.1) is 0 Å². The number of halogens is 1. The van der Waals surface area contributed by atoms with E-state index in [-0.39, 0.29) is 5.56 Å². The number of benzene rings is 1. The molecule has 1 saturated heterocycles. The molecule has 0 spiro atoms. The number of carboxylic acid groups (broad SMARTS) is 1. The van der Waals surface area contributed by atoms with Crippen molar-refractivity contribution < 1.29 is 19.4 Å². The molecule has 0 amide bonds. The Hall–Kier alpha value is -1.26. The Morgan fingerprint density at radius 1 is 1.59 bits per heavy atom. The zero-order valence-corrected chi connectivity index (χ0v) is 9.94. The smallest absolute Gasteiger partial charge is 0.339 e. The van der Waals surface area contributed by atoms with Gasteiger partial charge < -0.3 is 14.6 Å². The van der Waals surface area contributed by atoms with Gasteiger partial charge in [-0.2, -0.15) is 0 Å². The maximum absolute atomic E-state index is 11.0. The standard InChI is InChI=1S/C12H13ClO4/c13-9-1-2-11(10(5-9)12(14)15)17-7-8-3-4-16-6-8/h1-2,5,8H,3-4,6-7H2,(H,14,15). The minimum atomic E-state index is -1.04. The van der Waals surface area contributed by atoms with Crippen molar-refractivity contribution >= 4 is 17.6 Å². The third-order valence-corrected chi connectivity index (χ3v) is 2.91. The van der Waals surface area contributed by atoms with Crippen molar-refractivity contribution in [2.75, 3.05) is 19.8 Å². The fraction of sp³-hybridized carbons (Fsp3) is 0.417. The van der Waals surface area contributed by atoms with Crippen LogP contribution in [0, 0.1) is 5.92 Å². The topological polar surface area (TPSA) is 55.8 Å². The van der Waals surface area contributed by atoms with E-state index >= 15 is 0 Å². The van der Waals surface area contributed by atoms with Crippen molar-refractivity contribution in [3.05, 3.63) is 28.8 Å². The molecule has 1 aliphatic heterocycles. The van der Waals surface area contributed by atoms with Crippen LogP contribution in [0.2, 0.25) is 5.02 Å². The summed E-state index contributed by atoms with van der Waals surface area (Å²) in [5.41, 5.74) is 0.0939. The fourth-order valence-electron chi connectivity index (χ4n) is 1.72. The zero-order chi connectivity index (χ0) is 12.3. The molecular weight excluding hydrogens is 244 g/mol. The van der Waals surface area contributed by atoms with Crippen LogP contribution < -0.4 is 4.74 Å². The van der Waals surface area contributed by atoms with Gasteiger partial charge in [0.1, 0.15) is 11.3 Å². The summed E-state index contributed by atoms with van der Waals surface area (Å²) in [6, 6.07) is 4.60. The molecule has 17 heavy (non-hydrogen) atoms. The van der Waals surface area contributed by atoms with Gasteiger partial charge in [0.05, 0.1) is 13.2 Å². The van der Waals surface area contributed by atoms with Crippen LogP contribution in [0.15, 0.2) is 18.2 Å². The first-order valence-corrected chi connectivity index (χ1v) is 5.78. The first-order chi connectivity index (χ1) is 8.16. The van der Waals surface area contributed by atoms with E-state index in [2.05, 4.69) is 0 Å². The molecule has 0 aliphatic carbocycles. The molecule has 1 fully saturated rings. The molecule has 1 aliphatic rings. The van der Waals surface area contributed by atoms with E-state index in [9.17, 15) is 4.79 Å². The van der Waals surface area contributed by atoms with E-state index in [1.165, 1.54) is 6.07 Å². The highest BCUT2D eigenvalue weighted by Crippen LogP contribution is 2.24. The van der Waals surface area contributed by atoms with Gasteiger partial charge >= 0.3 is 5.97 Å². The van der Waals surface area contributed by atoms with Crippen LogP contribution in [0.5, 0.6) is 5.75 Å². The Labute approximate surface area is 104 Å². The molecule has 92 valence electrons. The number of rotatable bonds is 4. The predicted octanol–water partition coefficient (Wildman–Crippen LogP) is 2.45. The molecule has 2 rings (SSSR count). The average molecular weight is 257 g/mol. The molecule has 5 heteroatoms. The van der Waals surface area contributed by atoms with Crippen LogP contribution >= 0.6 is 11.6 Å². The van der Waals surface area contributed by atoms with Gasteiger partial charge in [-0.1, -0.05) is 11.6 Å². The van der Waals surface area contributed by atoms with E-state index in [0.717, 1.165) is 13.0 Å².